The number of aromatic nitrogens is 1. The predicted octanol–water partition coefficient (Wildman–Crippen LogP) is 2.05. The van der Waals surface area contributed by atoms with Gasteiger partial charge in [-0.15, -0.1) is 11.3 Å². The molecule has 6 heteroatoms. The van der Waals surface area contributed by atoms with Gasteiger partial charge in [0, 0.05) is 11.1 Å². The van der Waals surface area contributed by atoms with Crippen LogP contribution >= 0.6 is 11.3 Å². The molecule has 1 heterocycles. The van der Waals surface area contributed by atoms with Crippen molar-refractivity contribution >= 4 is 28.1 Å². The topological polar surface area (TPSA) is 68.0 Å². The first-order chi connectivity index (χ1) is 8.13. The van der Waals surface area contributed by atoms with Gasteiger partial charge in [-0.3, -0.25) is 4.79 Å². The van der Waals surface area contributed by atoms with Crippen molar-refractivity contribution in [2.75, 3.05) is 11.1 Å². The highest BCUT2D eigenvalue weighted by Gasteiger charge is 2.06. The number of hydrogen-bond acceptors (Lipinski definition) is 4. The summed E-state index contributed by atoms with van der Waals surface area (Å²) in [6.07, 6.45) is 0.158. The highest BCUT2D eigenvalue weighted by Crippen LogP contribution is 2.13. The lowest BCUT2D eigenvalue weighted by Crippen LogP contribution is -2.14. The van der Waals surface area contributed by atoms with Gasteiger partial charge in [-0.1, -0.05) is 0 Å². The lowest BCUT2D eigenvalue weighted by Gasteiger charge is -2.03. The average molecular weight is 251 g/mol. The van der Waals surface area contributed by atoms with Crippen molar-refractivity contribution in [3.63, 3.8) is 0 Å². The number of hydrogen-bond donors (Lipinski definition) is 2. The van der Waals surface area contributed by atoms with Crippen molar-refractivity contribution < 1.29 is 9.18 Å². The summed E-state index contributed by atoms with van der Waals surface area (Å²) < 4.78 is 12.6. The summed E-state index contributed by atoms with van der Waals surface area (Å²) in [7, 11) is 0. The van der Waals surface area contributed by atoms with E-state index in [1.807, 2.05) is 0 Å². The van der Waals surface area contributed by atoms with Crippen LogP contribution in [-0.4, -0.2) is 10.9 Å². The van der Waals surface area contributed by atoms with Crippen molar-refractivity contribution in [2.24, 2.45) is 0 Å². The summed E-state index contributed by atoms with van der Waals surface area (Å²) in [5, 5.41) is 4.82. The Hall–Kier alpha value is -1.95. The fraction of sp³-hybridized carbons (Fsp3) is 0.0909. The number of benzene rings is 1. The zero-order chi connectivity index (χ0) is 12.3. The van der Waals surface area contributed by atoms with E-state index in [-0.39, 0.29) is 18.1 Å². The molecule has 88 valence electrons. The number of carbonyl (C=O) groups excluding carboxylic acids is 1. The van der Waals surface area contributed by atoms with E-state index in [1.165, 1.54) is 35.6 Å². The van der Waals surface area contributed by atoms with Crippen molar-refractivity contribution in [3.05, 3.63) is 41.2 Å². The number of amides is 1. The number of halogens is 1. The van der Waals surface area contributed by atoms with Crippen LogP contribution in [0.4, 0.5) is 15.2 Å². The molecule has 3 N–H and O–H groups in total. The molecule has 1 aromatic heterocycles. The second kappa shape index (κ2) is 4.92. The minimum Gasteiger partial charge on any atom is -0.375 e. The number of nitrogen functional groups attached to an aromatic ring is 1. The molecular weight excluding hydrogens is 241 g/mol. The SMILES string of the molecule is Nc1nc(CC(=O)Nc2ccc(F)cc2)cs1. The fourth-order valence-corrected chi connectivity index (χ4v) is 1.87. The van der Waals surface area contributed by atoms with Crippen LogP contribution in [0.15, 0.2) is 29.6 Å². The molecular formula is C11H10FN3OS. The first kappa shape index (κ1) is 11.5. The molecule has 0 atom stereocenters. The van der Waals surface area contributed by atoms with E-state index in [2.05, 4.69) is 10.3 Å². The number of nitrogens with two attached hydrogens (primary N) is 1. The zero-order valence-corrected chi connectivity index (χ0v) is 9.63. The summed E-state index contributed by atoms with van der Waals surface area (Å²) in [5.41, 5.74) is 6.64. The van der Waals surface area contributed by atoms with E-state index >= 15 is 0 Å². The number of carbonyl (C=O) groups is 1. The van der Waals surface area contributed by atoms with Gasteiger partial charge < -0.3 is 11.1 Å². The van der Waals surface area contributed by atoms with Gasteiger partial charge in [-0.25, -0.2) is 9.37 Å². The monoisotopic (exact) mass is 251 g/mol. The molecule has 0 spiro atoms. The van der Waals surface area contributed by atoms with Crippen LogP contribution in [0.5, 0.6) is 0 Å². The van der Waals surface area contributed by atoms with E-state index in [9.17, 15) is 9.18 Å². The quantitative estimate of drug-likeness (QED) is 0.877. The van der Waals surface area contributed by atoms with Gasteiger partial charge in [0.05, 0.1) is 12.1 Å². The largest absolute Gasteiger partial charge is 0.375 e. The average Bonchev–Trinajstić information content (AvgIpc) is 2.67. The molecule has 0 bridgehead atoms. The maximum Gasteiger partial charge on any atom is 0.230 e. The second-order valence-corrected chi connectivity index (χ2v) is 4.30. The molecule has 2 aromatic rings. The lowest BCUT2D eigenvalue weighted by atomic mass is 10.3. The number of thiazole rings is 1. The minimum absolute atomic E-state index is 0.158. The number of rotatable bonds is 3. The minimum atomic E-state index is -0.338. The third-order valence-electron chi connectivity index (χ3n) is 2.04. The standard InChI is InChI=1S/C11H10FN3OS/c12-7-1-3-8(4-2-7)14-10(16)5-9-6-17-11(13)15-9/h1-4,6H,5H2,(H2,13,15)(H,14,16). The summed E-state index contributed by atoms with van der Waals surface area (Å²) >= 11 is 1.29. The zero-order valence-electron chi connectivity index (χ0n) is 8.81. The highest BCUT2D eigenvalue weighted by molar-refractivity contribution is 7.13. The van der Waals surface area contributed by atoms with E-state index in [0.717, 1.165) is 0 Å². The molecule has 0 aliphatic heterocycles. The highest BCUT2D eigenvalue weighted by atomic mass is 32.1. The molecule has 1 aromatic carbocycles. The Morgan fingerprint density at radius 3 is 2.71 bits per heavy atom. The van der Waals surface area contributed by atoms with Crippen molar-refractivity contribution in [1.82, 2.24) is 4.98 Å². The number of nitrogens with zero attached hydrogens (tertiary/aromatic N) is 1. The van der Waals surface area contributed by atoms with Crippen LogP contribution in [0.2, 0.25) is 0 Å². The van der Waals surface area contributed by atoms with Crippen LogP contribution < -0.4 is 11.1 Å². The van der Waals surface area contributed by atoms with Crippen molar-refractivity contribution in [3.8, 4) is 0 Å². The molecule has 0 fully saturated rings. The Morgan fingerprint density at radius 2 is 2.12 bits per heavy atom. The van der Waals surface area contributed by atoms with Gasteiger partial charge in [0.15, 0.2) is 5.13 Å². The molecule has 1 amide bonds. The van der Waals surface area contributed by atoms with Gasteiger partial charge in [-0.05, 0) is 24.3 Å². The number of nitrogens with one attached hydrogen (secondary N) is 1. The molecule has 0 saturated heterocycles. The fourth-order valence-electron chi connectivity index (χ4n) is 1.31. The van der Waals surface area contributed by atoms with Crippen LogP contribution in [0.3, 0.4) is 0 Å². The first-order valence-corrected chi connectivity index (χ1v) is 5.77. The van der Waals surface area contributed by atoms with Gasteiger partial charge in [0.1, 0.15) is 5.82 Å². The smallest absolute Gasteiger partial charge is 0.230 e. The Morgan fingerprint density at radius 1 is 1.41 bits per heavy atom. The van der Waals surface area contributed by atoms with Gasteiger partial charge >= 0.3 is 0 Å². The van der Waals surface area contributed by atoms with E-state index in [0.29, 0.717) is 16.5 Å². The van der Waals surface area contributed by atoms with Crippen molar-refractivity contribution in [2.45, 2.75) is 6.42 Å². The third-order valence-corrected chi connectivity index (χ3v) is 2.76. The first-order valence-electron chi connectivity index (χ1n) is 4.89. The second-order valence-electron chi connectivity index (χ2n) is 3.41. The molecule has 17 heavy (non-hydrogen) atoms. The van der Waals surface area contributed by atoms with Crippen molar-refractivity contribution in [1.29, 1.82) is 0 Å². The maximum absolute atomic E-state index is 12.6. The Balaban J connectivity index is 1.95. The molecule has 4 nitrogen and oxygen atoms in total. The van der Waals surface area contributed by atoms with Gasteiger partial charge in [0.2, 0.25) is 5.91 Å². The molecule has 0 radical (unpaired) electrons. The summed E-state index contributed by atoms with van der Waals surface area (Å²) in [4.78, 5) is 15.6. The molecule has 0 aliphatic carbocycles. The van der Waals surface area contributed by atoms with Crippen LogP contribution in [0.25, 0.3) is 0 Å². The Labute approximate surface area is 101 Å². The lowest BCUT2D eigenvalue weighted by molar-refractivity contribution is -0.115. The van der Waals surface area contributed by atoms with Gasteiger partial charge in [-0.2, -0.15) is 0 Å². The van der Waals surface area contributed by atoms with Crippen LogP contribution in [0.1, 0.15) is 5.69 Å². The summed E-state index contributed by atoms with van der Waals surface area (Å²) in [6, 6.07) is 5.58. The third kappa shape index (κ3) is 3.25. The predicted molar refractivity (Wildman–Crippen MR) is 65.3 cm³/mol. The Bertz CT molecular complexity index is 524. The molecule has 0 unspecified atom stereocenters. The van der Waals surface area contributed by atoms with Crippen LogP contribution in [0, 0.1) is 5.82 Å². The van der Waals surface area contributed by atoms with E-state index < -0.39 is 0 Å². The summed E-state index contributed by atoms with van der Waals surface area (Å²) in [5.74, 6) is -0.544. The molecule has 0 saturated carbocycles. The van der Waals surface area contributed by atoms with Crippen LogP contribution in [-0.2, 0) is 11.2 Å². The van der Waals surface area contributed by atoms with E-state index in [1.54, 1.807) is 5.38 Å². The summed E-state index contributed by atoms with van der Waals surface area (Å²) in [6.45, 7) is 0. The van der Waals surface area contributed by atoms with E-state index in [4.69, 9.17) is 5.73 Å². The normalized spacial score (nSPS) is 10.2. The molecule has 2 rings (SSSR count). The number of anilines is 2. The van der Waals surface area contributed by atoms with Gasteiger partial charge in [0.25, 0.3) is 0 Å². The maximum atomic E-state index is 12.6. The molecule has 0 aliphatic rings. The Kier molecular flexibility index (Phi) is 3.34.